The van der Waals surface area contributed by atoms with Gasteiger partial charge in [0.1, 0.15) is 5.02 Å². The molecule has 7 nitrogen and oxygen atoms in total. The van der Waals surface area contributed by atoms with Crippen molar-refractivity contribution in [2.75, 3.05) is 13.2 Å². The van der Waals surface area contributed by atoms with E-state index in [0.717, 1.165) is 37.0 Å². The number of nitrogens with zero attached hydrogens (tertiary/aromatic N) is 4. The molecule has 2 aromatic heterocycles. The second-order valence-electron chi connectivity index (χ2n) is 5.93. The van der Waals surface area contributed by atoms with Gasteiger partial charge in [-0.1, -0.05) is 23.7 Å². The predicted octanol–water partition coefficient (Wildman–Crippen LogP) is 2.49. The Hall–Kier alpha value is -2.54. The zero-order valence-electron chi connectivity index (χ0n) is 13.6. The minimum atomic E-state index is -0.272. The number of halogens is 1. The van der Waals surface area contributed by atoms with Gasteiger partial charge >= 0.3 is 0 Å². The van der Waals surface area contributed by atoms with Gasteiger partial charge in [0.05, 0.1) is 24.0 Å². The molecule has 0 unspecified atom stereocenters. The number of carbonyl (C=O) groups excluding carboxylic acids is 1. The molecule has 130 valence electrons. The molecule has 1 amide bonds. The second kappa shape index (κ2) is 6.76. The van der Waals surface area contributed by atoms with Crippen LogP contribution in [0.3, 0.4) is 0 Å². The van der Waals surface area contributed by atoms with Gasteiger partial charge in [-0.25, -0.2) is 9.67 Å². The quantitative estimate of drug-likeness (QED) is 0.710. The lowest BCUT2D eigenvalue weighted by Crippen LogP contribution is -2.26. The number of aromatic nitrogens is 4. The van der Waals surface area contributed by atoms with Crippen molar-refractivity contribution < 1.29 is 9.53 Å². The molecule has 0 aliphatic carbocycles. The number of ether oxygens (including phenoxy) is 1. The van der Waals surface area contributed by atoms with Crippen LogP contribution in [0.5, 0.6) is 5.88 Å². The number of carbonyl (C=O) groups is 1. The monoisotopic (exact) mass is 359 g/mol. The van der Waals surface area contributed by atoms with E-state index in [9.17, 15) is 4.79 Å². The second-order valence-corrected chi connectivity index (χ2v) is 6.31. The fraction of sp³-hybridized carbons (Fsp3) is 0.353. The first-order chi connectivity index (χ1) is 12.2. The molecule has 25 heavy (non-hydrogen) atoms. The van der Waals surface area contributed by atoms with Gasteiger partial charge in [0.2, 0.25) is 5.88 Å². The molecule has 1 aliphatic rings. The third-order valence-corrected chi connectivity index (χ3v) is 4.55. The highest BCUT2D eigenvalue weighted by molar-refractivity contribution is 6.34. The number of hydrogen-bond acceptors (Lipinski definition) is 4. The summed E-state index contributed by atoms with van der Waals surface area (Å²) >= 11 is 6.21. The van der Waals surface area contributed by atoms with Crippen LogP contribution in [0.2, 0.25) is 5.02 Å². The normalized spacial score (nSPS) is 13.5. The summed E-state index contributed by atoms with van der Waals surface area (Å²) in [5, 5.41) is 7.41. The van der Waals surface area contributed by atoms with Gasteiger partial charge in [0.15, 0.2) is 5.69 Å². The number of hydrogen-bond donors (Lipinski definition) is 1. The first-order valence-electron chi connectivity index (χ1n) is 8.31. The number of rotatable bonds is 5. The van der Waals surface area contributed by atoms with E-state index in [1.54, 1.807) is 4.68 Å². The summed E-state index contributed by atoms with van der Waals surface area (Å²) in [7, 11) is 0. The average Bonchev–Trinajstić information content (AvgIpc) is 3.20. The molecule has 8 heteroatoms. The lowest BCUT2D eigenvalue weighted by atomic mass is 10.3. The van der Waals surface area contributed by atoms with Crippen LogP contribution in [-0.2, 0) is 13.1 Å². The number of fused-ring (bicyclic) bond motifs is 2. The van der Waals surface area contributed by atoms with Crippen molar-refractivity contribution in [1.29, 1.82) is 0 Å². The van der Waals surface area contributed by atoms with Crippen LogP contribution >= 0.6 is 11.6 Å². The van der Waals surface area contributed by atoms with Crippen molar-refractivity contribution in [3.63, 3.8) is 0 Å². The van der Waals surface area contributed by atoms with E-state index in [0.29, 0.717) is 19.0 Å². The Morgan fingerprint density at radius 2 is 2.24 bits per heavy atom. The van der Waals surface area contributed by atoms with Gasteiger partial charge in [-0.2, -0.15) is 5.10 Å². The Morgan fingerprint density at radius 1 is 1.36 bits per heavy atom. The Labute approximate surface area is 149 Å². The Balaban J connectivity index is 1.34. The van der Waals surface area contributed by atoms with Crippen LogP contribution in [0.15, 0.2) is 30.6 Å². The third kappa shape index (κ3) is 3.07. The van der Waals surface area contributed by atoms with E-state index < -0.39 is 0 Å². The molecule has 0 fully saturated rings. The highest BCUT2D eigenvalue weighted by Crippen LogP contribution is 2.30. The molecule has 0 atom stereocenters. The molecule has 1 aromatic carbocycles. The van der Waals surface area contributed by atoms with Gasteiger partial charge in [-0.15, -0.1) is 0 Å². The molecule has 1 aliphatic heterocycles. The minimum Gasteiger partial charge on any atom is -0.477 e. The summed E-state index contributed by atoms with van der Waals surface area (Å²) in [6, 6.07) is 7.99. The maximum absolute atomic E-state index is 12.3. The third-order valence-electron chi connectivity index (χ3n) is 4.21. The summed E-state index contributed by atoms with van der Waals surface area (Å²) < 4.78 is 9.21. The minimum absolute atomic E-state index is 0.228. The van der Waals surface area contributed by atoms with Gasteiger partial charge in [-0.05, 0) is 18.6 Å². The standard InChI is InChI=1S/C17H18ClN5O2/c18-14-15(21-23-9-4-10-25-17(14)23)16(24)19-7-3-8-22-11-20-12-5-1-2-6-13(12)22/h1-2,5-6,11H,3-4,7-10H2,(H,19,24). The zero-order chi connectivity index (χ0) is 17.2. The molecule has 0 spiro atoms. The van der Waals surface area contributed by atoms with Crippen LogP contribution in [0.1, 0.15) is 23.3 Å². The van der Waals surface area contributed by atoms with Crippen LogP contribution in [0.4, 0.5) is 0 Å². The van der Waals surface area contributed by atoms with Gasteiger partial charge < -0.3 is 14.6 Å². The van der Waals surface area contributed by atoms with Crippen LogP contribution in [-0.4, -0.2) is 38.4 Å². The summed E-state index contributed by atoms with van der Waals surface area (Å²) in [6.07, 6.45) is 3.48. The van der Waals surface area contributed by atoms with Crippen molar-refractivity contribution in [1.82, 2.24) is 24.6 Å². The van der Waals surface area contributed by atoms with Crippen molar-refractivity contribution >= 4 is 28.5 Å². The van der Waals surface area contributed by atoms with Crippen molar-refractivity contribution in [3.8, 4) is 5.88 Å². The molecule has 0 bridgehead atoms. The Kier molecular flexibility index (Phi) is 4.31. The topological polar surface area (TPSA) is 74.0 Å². The number of aryl methyl sites for hydroxylation is 2. The molecular weight excluding hydrogens is 342 g/mol. The Morgan fingerprint density at radius 3 is 3.12 bits per heavy atom. The van der Waals surface area contributed by atoms with Crippen LogP contribution in [0, 0.1) is 0 Å². The summed E-state index contributed by atoms with van der Waals surface area (Å²) in [6.45, 7) is 2.63. The Bertz CT molecular complexity index is 917. The van der Waals surface area contributed by atoms with Crippen molar-refractivity contribution in [3.05, 3.63) is 41.3 Å². The predicted molar refractivity (Wildman–Crippen MR) is 94.0 cm³/mol. The molecule has 0 saturated heterocycles. The van der Waals surface area contributed by atoms with Gasteiger partial charge in [0.25, 0.3) is 5.91 Å². The molecule has 0 radical (unpaired) electrons. The van der Waals surface area contributed by atoms with Crippen LogP contribution in [0.25, 0.3) is 11.0 Å². The SMILES string of the molecule is O=C(NCCCn1cnc2ccccc21)c1nn2c(c1Cl)OCCC2. The van der Waals surface area contributed by atoms with E-state index in [1.165, 1.54) is 0 Å². The molecule has 3 aromatic rings. The highest BCUT2D eigenvalue weighted by Gasteiger charge is 2.24. The first-order valence-corrected chi connectivity index (χ1v) is 8.69. The largest absolute Gasteiger partial charge is 0.477 e. The van der Waals surface area contributed by atoms with Crippen LogP contribution < -0.4 is 10.1 Å². The zero-order valence-corrected chi connectivity index (χ0v) is 14.4. The lowest BCUT2D eigenvalue weighted by Gasteiger charge is -2.14. The maximum atomic E-state index is 12.3. The average molecular weight is 360 g/mol. The smallest absolute Gasteiger partial charge is 0.273 e. The van der Waals surface area contributed by atoms with Gasteiger partial charge in [-0.3, -0.25) is 4.79 Å². The summed E-state index contributed by atoms with van der Waals surface area (Å²) in [5.74, 6) is 0.217. The van der Waals surface area contributed by atoms with E-state index in [1.807, 2.05) is 30.6 Å². The molecule has 3 heterocycles. The summed E-state index contributed by atoms with van der Waals surface area (Å²) in [4.78, 5) is 16.7. The van der Waals surface area contributed by atoms with E-state index in [2.05, 4.69) is 20.0 Å². The maximum Gasteiger partial charge on any atom is 0.273 e. The first kappa shape index (κ1) is 16.0. The highest BCUT2D eigenvalue weighted by atomic mass is 35.5. The lowest BCUT2D eigenvalue weighted by molar-refractivity contribution is 0.0947. The number of imidazole rings is 1. The van der Waals surface area contributed by atoms with E-state index >= 15 is 0 Å². The molecule has 0 saturated carbocycles. The molecular formula is C17H18ClN5O2. The summed E-state index contributed by atoms with van der Waals surface area (Å²) in [5.41, 5.74) is 2.30. The van der Waals surface area contributed by atoms with E-state index in [-0.39, 0.29) is 16.6 Å². The number of para-hydroxylation sites is 2. The molecule has 4 rings (SSSR count). The fourth-order valence-electron chi connectivity index (χ4n) is 2.97. The van der Waals surface area contributed by atoms with Gasteiger partial charge in [0, 0.05) is 26.1 Å². The number of amides is 1. The molecule has 1 N–H and O–H groups in total. The number of nitrogens with one attached hydrogen (secondary N) is 1. The number of benzene rings is 1. The van der Waals surface area contributed by atoms with Crippen molar-refractivity contribution in [2.24, 2.45) is 0 Å². The fourth-order valence-corrected chi connectivity index (χ4v) is 3.24. The van der Waals surface area contributed by atoms with E-state index in [4.69, 9.17) is 16.3 Å². The van der Waals surface area contributed by atoms with Crippen molar-refractivity contribution in [2.45, 2.75) is 25.9 Å².